The van der Waals surface area contributed by atoms with Crippen molar-refractivity contribution in [3.8, 4) is 0 Å². The van der Waals surface area contributed by atoms with E-state index in [2.05, 4.69) is 31.0 Å². The molecule has 1 heterocycles. The molecule has 0 radical (unpaired) electrons. The molecule has 0 bridgehead atoms. The standard InChI is InChI=1S/C15H19NO2/c1-4-18-14(17)8-11(3)12-9-16-13-7-5-6-10(2)15(12)13/h5-7,9,11,16H,4,8H2,1-3H3. The summed E-state index contributed by atoms with van der Waals surface area (Å²) in [5.74, 6) is 0.0341. The fourth-order valence-corrected chi connectivity index (χ4v) is 2.37. The minimum absolute atomic E-state index is 0.132. The average Bonchev–Trinajstić information content (AvgIpc) is 2.74. The van der Waals surface area contributed by atoms with Crippen molar-refractivity contribution in [3.05, 3.63) is 35.5 Å². The SMILES string of the molecule is CCOC(=O)CC(C)c1c[nH]c2cccc(C)c12. The maximum absolute atomic E-state index is 11.5. The first-order chi connectivity index (χ1) is 8.63. The second kappa shape index (κ2) is 5.25. The molecule has 2 rings (SSSR count). The molecule has 1 aromatic carbocycles. The Balaban J connectivity index is 2.28. The smallest absolute Gasteiger partial charge is 0.306 e. The predicted molar refractivity (Wildman–Crippen MR) is 72.7 cm³/mol. The summed E-state index contributed by atoms with van der Waals surface area (Å²) < 4.78 is 5.00. The van der Waals surface area contributed by atoms with Gasteiger partial charge in [-0.3, -0.25) is 4.79 Å². The zero-order chi connectivity index (χ0) is 13.1. The van der Waals surface area contributed by atoms with E-state index < -0.39 is 0 Å². The number of aromatic amines is 1. The molecular weight excluding hydrogens is 226 g/mol. The second-order valence-corrected chi connectivity index (χ2v) is 4.65. The monoisotopic (exact) mass is 245 g/mol. The van der Waals surface area contributed by atoms with Gasteiger partial charge in [0.05, 0.1) is 13.0 Å². The van der Waals surface area contributed by atoms with E-state index in [-0.39, 0.29) is 11.9 Å². The fourth-order valence-electron chi connectivity index (χ4n) is 2.37. The third-order valence-corrected chi connectivity index (χ3v) is 3.25. The topological polar surface area (TPSA) is 42.1 Å². The average molecular weight is 245 g/mol. The zero-order valence-corrected chi connectivity index (χ0v) is 11.1. The molecule has 0 saturated heterocycles. The van der Waals surface area contributed by atoms with Crippen LogP contribution in [-0.2, 0) is 9.53 Å². The van der Waals surface area contributed by atoms with Crippen molar-refractivity contribution in [2.24, 2.45) is 0 Å². The van der Waals surface area contributed by atoms with Gasteiger partial charge in [-0.15, -0.1) is 0 Å². The van der Waals surface area contributed by atoms with Crippen LogP contribution in [-0.4, -0.2) is 17.6 Å². The number of hydrogen-bond acceptors (Lipinski definition) is 2. The summed E-state index contributed by atoms with van der Waals surface area (Å²) in [4.78, 5) is 14.8. The highest BCUT2D eigenvalue weighted by Crippen LogP contribution is 2.30. The number of aryl methyl sites for hydroxylation is 1. The molecule has 0 fully saturated rings. The molecule has 0 amide bonds. The molecule has 2 aromatic rings. The highest BCUT2D eigenvalue weighted by molar-refractivity contribution is 5.87. The highest BCUT2D eigenvalue weighted by atomic mass is 16.5. The molecule has 0 aliphatic carbocycles. The minimum Gasteiger partial charge on any atom is -0.466 e. The van der Waals surface area contributed by atoms with Crippen molar-refractivity contribution in [2.45, 2.75) is 33.1 Å². The Bertz CT molecular complexity index is 557. The van der Waals surface area contributed by atoms with Crippen LogP contribution in [0.3, 0.4) is 0 Å². The van der Waals surface area contributed by atoms with Crippen LogP contribution in [0.25, 0.3) is 10.9 Å². The van der Waals surface area contributed by atoms with Crippen LogP contribution in [0.1, 0.15) is 37.3 Å². The minimum atomic E-state index is -0.132. The lowest BCUT2D eigenvalue weighted by molar-refractivity contribution is -0.143. The van der Waals surface area contributed by atoms with Crippen molar-refractivity contribution in [2.75, 3.05) is 6.61 Å². The van der Waals surface area contributed by atoms with E-state index >= 15 is 0 Å². The summed E-state index contributed by atoms with van der Waals surface area (Å²) in [5.41, 5.74) is 3.55. The van der Waals surface area contributed by atoms with Gasteiger partial charge in [-0.25, -0.2) is 0 Å². The number of ether oxygens (including phenoxy) is 1. The van der Waals surface area contributed by atoms with E-state index in [1.165, 1.54) is 16.5 Å². The Morgan fingerprint density at radius 3 is 2.94 bits per heavy atom. The van der Waals surface area contributed by atoms with Gasteiger partial charge in [-0.2, -0.15) is 0 Å². The lowest BCUT2D eigenvalue weighted by atomic mass is 9.95. The molecule has 3 nitrogen and oxygen atoms in total. The van der Waals surface area contributed by atoms with Gasteiger partial charge < -0.3 is 9.72 Å². The van der Waals surface area contributed by atoms with Crippen LogP contribution in [0.2, 0.25) is 0 Å². The van der Waals surface area contributed by atoms with Crippen molar-refractivity contribution >= 4 is 16.9 Å². The van der Waals surface area contributed by atoms with Gasteiger partial charge in [0, 0.05) is 17.1 Å². The summed E-state index contributed by atoms with van der Waals surface area (Å²) in [5, 5.41) is 1.23. The Kier molecular flexibility index (Phi) is 3.70. The Morgan fingerprint density at radius 1 is 1.44 bits per heavy atom. The molecular formula is C15H19NO2. The summed E-state index contributed by atoms with van der Waals surface area (Å²) in [6, 6.07) is 6.19. The molecule has 0 aliphatic heterocycles. The third kappa shape index (κ3) is 2.40. The third-order valence-electron chi connectivity index (χ3n) is 3.25. The van der Waals surface area contributed by atoms with E-state index in [0.717, 1.165) is 5.52 Å². The predicted octanol–water partition coefficient (Wildman–Crippen LogP) is 3.53. The maximum Gasteiger partial charge on any atom is 0.306 e. The van der Waals surface area contributed by atoms with Crippen molar-refractivity contribution in [1.82, 2.24) is 4.98 Å². The Morgan fingerprint density at radius 2 is 2.22 bits per heavy atom. The van der Waals surface area contributed by atoms with E-state index in [1.54, 1.807) is 0 Å². The van der Waals surface area contributed by atoms with Gasteiger partial charge in [0.15, 0.2) is 0 Å². The summed E-state index contributed by atoms with van der Waals surface area (Å²) in [6.45, 7) is 6.43. The molecule has 18 heavy (non-hydrogen) atoms. The van der Waals surface area contributed by atoms with E-state index in [4.69, 9.17) is 4.74 Å². The van der Waals surface area contributed by atoms with Crippen LogP contribution < -0.4 is 0 Å². The molecule has 3 heteroatoms. The summed E-state index contributed by atoms with van der Waals surface area (Å²) in [6.07, 6.45) is 2.43. The van der Waals surface area contributed by atoms with Crippen molar-refractivity contribution < 1.29 is 9.53 Å². The number of rotatable bonds is 4. The Labute approximate surface area is 107 Å². The van der Waals surface area contributed by atoms with Gasteiger partial charge in [0.1, 0.15) is 0 Å². The molecule has 1 aromatic heterocycles. The maximum atomic E-state index is 11.5. The number of benzene rings is 1. The van der Waals surface area contributed by atoms with Crippen LogP contribution in [0.15, 0.2) is 24.4 Å². The molecule has 0 aliphatic rings. The quantitative estimate of drug-likeness (QED) is 0.837. The molecule has 1 N–H and O–H groups in total. The number of fused-ring (bicyclic) bond motifs is 1. The highest BCUT2D eigenvalue weighted by Gasteiger charge is 2.16. The normalized spacial score (nSPS) is 12.6. The Hall–Kier alpha value is -1.77. The van der Waals surface area contributed by atoms with Crippen LogP contribution >= 0.6 is 0 Å². The molecule has 96 valence electrons. The molecule has 0 spiro atoms. The number of carbonyl (C=O) groups excluding carboxylic acids is 1. The van der Waals surface area contributed by atoms with Crippen molar-refractivity contribution in [3.63, 3.8) is 0 Å². The van der Waals surface area contributed by atoms with Gasteiger partial charge in [-0.05, 0) is 37.0 Å². The fraction of sp³-hybridized carbons (Fsp3) is 0.400. The lowest BCUT2D eigenvalue weighted by Crippen LogP contribution is -2.08. The number of hydrogen-bond donors (Lipinski definition) is 1. The number of nitrogens with one attached hydrogen (secondary N) is 1. The molecule has 0 saturated carbocycles. The first kappa shape index (κ1) is 12.7. The number of aromatic nitrogens is 1. The number of carbonyl (C=O) groups is 1. The van der Waals surface area contributed by atoms with E-state index in [1.807, 2.05) is 19.2 Å². The van der Waals surface area contributed by atoms with Gasteiger partial charge in [0.25, 0.3) is 0 Å². The summed E-state index contributed by atoms with van der Waals surface area (Å²) >= 11 is 0. The number of esters is 1. The molecule has 1 atom stereocenters. The lowest BCUT2D eigenvalue weighted by Gasteiger charge is -2.10. The first-order valence-corrected chi connectivity index (χ1v) is 6.35. The van der Waals surface area contributed by atoms with Crippen LogP contribution in [0.4, 0.5) is 0 Å². The van der Waals surface area contributed by atoms with Gasteiger partial charge in [0.2, 0.25) is 0 Å². The van der Waals surface area contributed by atoms with E-state index in [0.29, 0.717) is 13.0 Å². The second-order valence-electron chi connectivity index (χ2n) is 4.65. The van der Waals surface area contributed by atoms with Gasteiger partial charge in [-0.1, -0.05) is 19.1 Å². The first-order valence-electron chi connectivity index (χ1n) is 6.35. The van der Waals surface area contributed by atoms with Crippen molar-refractivity contribution in [1.29, 1.82) is 0 Å². The van der Waals surface area contributed by atoms with Crippen LogP contribution in [0.5, 0.6) is 0 Å². The molecule has 1 unspecified atom stereocenters. The largest absolute Gasteiger partial charge is 0.466 e. The summed E-state index contributed by atoms with van der Waals surface area (Å²) in [7, 11) is 0. The zero-order valence-electron chi connectivity index (χ0n) is 11.1. The number of H-pyrrole nitrogens is 1. The van der Waals surface area contributed by atoms with Gasteiger partial charge >= 0.3 is 5.97 Å². The van der Waals surface area contributed by atoms with E-state index in [9.17, 15) is 4.79 Å². The van der Waals surface area contributed by atoms with Crippen LogP contribution in [0, 0.1) is 6.92 Å².